The van der Waals surface area contributed by atoms with E-state index in [1.54, 1.807) is 36.8 Å². The molecule has 3 aromatic rings. The quantitative estimate of drug-likeness (QED) is 0.726. The molecule has 1 aliphatic heterocycles. The van der Waals surface area contributed by atoms with Gasteiger partial charge >= 0.3 is 5.63 Å². The first-order chi connectivity index (χ1) is 12.5. The first-order valence-electron chi connectivity index (χ1n) is 8.54. The maximum atomic E-state index is 12.5. The molecule has 0 radical (unpaired) electrons. The van der Waals surface area contributed by atoms with Crippen LogP contribution in [0.1, 0.15) is 29.9 Å². The van der Waals surface area contributed by atoms with Crippen molar-refractivity contribution in [3.8, 4) is 5.75 Å². The fourth-order valence-electron chi connectivity index (χ4n) is 3.19. The average molecular weight is 353 g/mol. The number of hydrogen-bond donors (Lipinski definition) is 1. The van der Waals surface area contributed by atoms with E-state index in [-0.39, 0.29) is 17.7 Å². The molecule has 1 N–H and O–H groups in total. The van der Waals surface area contributed by atoms with Crippen LogP contribution in [0.3, 0.4) is 0 Å². The lowest BCUT2D eigenvalue weighted by molar-refractivity contribution is 0.0933. The van der Waals surface area contributed by atoms with E-state index in [0.29, 0.717) is 29.7 Å². The molecule has 134 valence electrons. The summed E-state index contributed by atoms with van der Waals surface area (Å²) in [6.07, 6.45) is 4.24. The molecular weight excluding hydrogens is 334 g/mol. The van der Waals surface area contributed by atoms with Gasteiger partial charge in [0, 0.05) is 36.3 Å². The summed E-state index contributed by atoms with van der Waals surface area (Å²) in [5, 5.41) is 3.57. The van der Waals surface area contributed by atoms with Crippen LogP contribution in [-0.2, 0) is 13.0 Å². The second-order valence-corrected chi connectivity index (χ2v) is 6.73. The third kappa shape index (κ3) is 3.08. The van der Waals surface area contributed by atoms with Crippen molar-refractivity contribution in [1.29, 1.82) is 0 Å². The molecule has 1 aliphatic rings. The van der Waals surface area contributed by atoms with Crippen molar-refractivity contribution in [2.24, 2.45) is 0 Å². The number of hydrogen-bond acceptors (Lipinski definition) is 5. The van der Waals surface area contributed by atoms with Gasteiger partial charge in [0.1, 0.15) is 16.9 Å². The van der Waals surface area contributed by atoms with Gasteiger partial charge in [0.25, 0.3) is 5.91 Å². The number of rotatable bonds is 4. The second-order valence-electron chi connectivity index (χ2n) is 6.73. The monoisotopic (exact) mass is 353 g/mol. The van der Waals surface area contributed by atoms with Gasteiger partial charge in [0.05, 0.1) is 18.5 Å². The summed E-state index contributed by atoms with van der Waals surface area (Å²) >= 11 is 0. The highest BCUT2D eigenvalue weighted by atomic mass is 16.5. The summed E-state index contributed by atoms with van der Waals surface area (Å²) in [4.78, 5) is 28.9. The lowest BCUT2D eigenvalue weighted by Crippen LogP contribution is -2.38. The Kier molecular flexibility index (Phi) is 3.99. The van der Waals surface area contributed by atoms with Gasteiger partial charge < -0.3 is 19.0 Å². The van der Waals surface area contributed by atoms with Gasteiger partial charge in [-0.25, -0.2) is 9.78 Å². The van der Waals surface area contributed by atoms with Gasteiger partial charge in [-0.2, -0.15) is 0 Å². The minimum atomic E-state index is -0.657. The van der Waals surface area contributed by atoms with Gasteiger partial charge in [-0.1, -0.05) is 0 Å². The fourth-order valence-corrected chi connectivity index (χ4v) is 3.19. The largest absolute Gasteiger partial charge is 0.491 e. The third-order valence-electron chi connectivity index (χ3n) is 4.33. The Morgan fingerprint density at radius 1 is 1.38 bits per heavy atom. The predicted octanol–water partition coefficient (Wildman–Crippen LogP) is 2.13. The number of benzene rings is 1. The zero-order chi connectivity index (χ0) is 18.3. The van der Waals surface area contributed by atoms with Crippen molar-refractivity contribution in [1.82, 2.24) is 14.9 Å². The van der Waals surface area contributed by atoms with E-state index in [1.807, 2.05) is 18.4 Å². The summed E-state index contributed by atoms with van der Waals surface area (Å²) in [5.74, 6) is 0.196. The van der Waals surface area contributed by atoms with E-state index in [0.717, 1.165) is 5.69 Å². The summed E-state index contributed by atoms with van der Waals surface area (Å²) in [7, 11) is 0. The molecule has 1 aromatic carbocycles. The molecule has 4 rings (SSSR count). The van der Waals surface area contributed by atoms with Crippen molar-refractivity contribution >= 4 is 16.9 Å². The number of ether oxygens (including phenoxy) is 1. The van der Waals surface area contributed by atoms with E-state index in [2.05, 4.69) is 10.3 Å². The van der Waals surface area contributed by atoms with Crippen LogP contribution in [0.25, 0.3) is 11.0 Å². The highest BCUT2D eigenvalue weighted by molar-refractivity contribution is 5.96. The Morgan fingerprint density at radius 3 is 3.00 bits per heavy atom. The molecule has 26 heavy (non-hydrogen) atoms. The Labute approximate surface area is 149 Å². The molecule has 1 unspecified atom stereocenters. The number of amides is 1. The summed E-state index contributed by atoms with van der Waals surface area (Å²) in [6, 6.07) is 6.74. The SMILES string of the molecule is CC(C)Oc1ccc2cc(C(=O)NC3Cc4cncn4C3)c(=O)oc2c1. The summed E-state index contributed by atoms with van der Waals surface area (Å²) in [6.45, 7) is 4.49. The number of fused-ring (bicyclic) bond motifs is 2. The highest BCUT2D eigenvalue weighted by Gasteiger charge is 2.24. The van der Waals surface area contributed by atoms with Gasteiger partial charge in [-0.3, -0.25) is 4.79 Å². The minimum absolute atomic E-state index is 0.00438. The molecular formula is C19H19N3O4. The molecule has 0 bridgehead atoms. The van der Waals surface area contributed by atoms with Crippen LogP contribution in [0, 0.1) is 0 Å². The molecule has 7 heteroatoms. The molecule has 1 atom stereocenters. The van der Waals surface area contributed by atoms with Crippen LogP contribution in [0.5, 0.6) is 5.75 Å². The predicted molar refractivity (Wildman–Crippen MR) is 95.4 cm³/mol. The van der Waals surface area contributed by atoms with Crippen molar-refractivity contribution in [2.75, 3.05) is 0 Å². The Bertz CT molecular complexity index is 1010. The third-order valence-corrected chi connectivity index (χ3v) is 4.33. The standard InChI is InChI=1S/C19H19N3O4/c1-11(2)25-15-4-3-12-5-16(19(24)26-17(12)7-15)18(23)21-13-6-14-8-20-10-22(14)9-13/h3-5,7-8,10-11,13H,6,9H2,1-2H3,(H,21,23). The molecule has 0 spiro atoms. The molecule has 2 aromatic heterocycles. The maximum Gasteiger partial charge on any atom is 0.349 e. The van der Waals surface area contributed by atoms with Crippen LogP contribution in [0.2, 0.25) is 0 Å². The van der Waals surface area contributed by atoms with Crippen LogP contribution >= 0.6 is 0 Å². The molecule has 7 nitrogen and oxygen atoms in total. The number of imidazole rings is 1. The average Bonchev–Trinajstić information content (AvgIpc) is 3.14. The van der Waals surface area contributed by atoms with Crippen molar-refractivity contribution in [2.45, 2.75) is 39.0 Å². The normalized spacial score (nSPS) is 16.0. The van der Waals surface area contributed by atoms with E-state index in [4.69, 9.17) is 9.15 Å². The first-order valence-corrected chi connectivity index (χ1v) is 8.54. The maximum absolute atomic E-state index is 12.5. The lowest BCUT2D eigenvalue weighted by Gasteiger charge is -2.12. The second kappa shape index (κ2) is 6.33. The molecule has 1 amide bonds. The van der Waals surface area contributed by atoms with Crippen molar-refractivity contribution in [3.05, 3.63) is 58.5 Å². The molecule has 0 aliphatic carbocycles. The molecule has 0 saturated carbocycles. The van der Waals surface area contributed by atoms with E-state index < -0.39 is 11.5 Å². The van der Waals surface area contributed by atoms with Crippen LogP contribution < -0.4 is 15.7 Å². The number of carbonyl (C=O) groups is 1. The zero-order valence-corrected chi connectivity index (χ0v) is 14.6. The molecule has 0 saturated heterocycles. The molecule has 0 fully saturated rings. The van der Waals surface area contributed by atoms with Gasteiger partial charge in [0.15, 0.2) is 0 Å². The van der Waals surface area contributed by atoms with E-state index in [9.17, 15) is 9.59 Å². The number of nitrogens with zero attached hydrogens (tertiary/aromatic N) is 2. The first kappa shape index (κ1) is 16.4. The topological polar surface area (TPSA) is 86.4 Å². The van der Waals surface area contributed by atoms with E-state index >= 15 is 0 Å². The van der Waals surface area contributed by atoms with Crippen LogP contribution in [0.15, 0.2) is 46.0 Å². The van der Waals surface area contributed by atoms with Gasteiger partial charge in [-0.15, -0.1) is 0 Å². The summed E-state index contributed by atoms with van der Waals surface area (Å²) in [5.41, 5.74) is 0.812. The smallest absolute Gasteiger partial charge is 0.349 e. The van der Waals surface area contributed by atoms with E-state index in [1.165, 1.54) is 0 Å². The molecule has 3 heterocycles. The lowest BCUT2D eigenvalue weighted by atomic mass is 10.1. The fraction of sp³-hybridized carbons (Fsp3) is 0.316. The highest BCUT2D eigenvalue weighted by Crippen LogP contribution is 2.22. The summed E-state index contributed by atoms with van der Waals surface area (Å²) < 4.78 is 12.9. The van der Waals surface area contributed by atoms with Crippen molar-refractivity contribution in [3.63, 3.8) is 0 Å². The van der Waals surface area contributed by atoms with Crippen LogP contribution in [-0.4, -0.2) is 27.6 Å². The van der Waals surface area contributed by atoms with Crippen molar-refractivity contribution < 1.29 is 13.9 Å². The number of aromatic nitrogens is 2. The Hall–Kier alpha value is -3.09. The minimum Gasteiger partial charge on any atom is -0.491 e. The Morgan fingerprint density at radius 2 is 2.23 bits per heavy atom. The Balaban J connectivity index is 1.56. The van der Waals surface area contributed by atoms with Crippen LogP contribution in [0.4, 0.5) is 0 Å². The zero-order valence-electron chi connectivity index (χ0n) is 14.6. The number of nitrogens with one attached hydrogen (secondary N) is 1. The van der Waals surface area contributed by atoms with Gasteiger partial charge in [-0.05, 0) is 32.0 Å². The number of carbonyl (C=O) groups excluding carboxylic acids is 1. The van der Waals surface area contributed by atoms with Gasteiger partial charge in [0.2, 0.25) is 0 Å².